The van der Waals surface area contributed by atoms with Gasteiger partial charge in [-0.15, -0.1) is 0 Å². The van der Waals surface area contributed by atoms with Crippen LogP contribution in [-0.2, 0) is 0 Å². The van der Waals surface area contributed by atoms with Gasteiger partial charge in [-0.1, -0.05) is 0 Å². The summed E-state index contributed by atoms with van der Waals surface area (Å²) in [5.74, 6) is 0.872. The van der Waals surface area contributed by atoms with Gasteiger partial charge in [0.25, 0.3) is 0 Å². The van der Waals surface area contributed by atoms with Gasteiger partial charge in [-0.2, -0.15) is 5.26 Å². The van der Waals surface area contributed by atoms with Crippen molar-refractivity contribution in [3.63, 3.8) is 0 Å². The predicted octanol–water partition coefficient (Wildman–Crippen LogP) is 1.67. The largest absolute Gasteiger partial charge is 0.314 e. The Bertz CT molecular complexity index is 285. The van der Waals surface area contributed by atoms with Crippen LogP contribution in [0, 0.1) is 17.2 Å². The maximum absolute atomic E-state index is 8.85. The summed E-state index contributed by atoms with van der Waals surface area (Å²) >= 11 is 0. The van der Waals surface area contributed by atoms with E-state index in [1.165, 1.54) is 32.5 Å². The SMILES string of the molecule is CN(C)CC1CCN(CCCCC(C)(N)C#N)CC1. The summed E-state index contributed by atoms with van der Waals surface area (Å²) in [6.07, 6.45) is 5.67. The number of nitrogens with two attached hydrogens (primary N) is 1. The lowest BCUT2D eigenvalue weighted by molar-refractivity contribution is 0.160. The second-order valence-electron chi connectivity index (χ2n) is 6.53. The summed E-state index contributed by atoms with van der Waals surface area (Å²) in [5, 5.41) is 8.85. The topological polar surface area (TPSA) is 56.3 Å². The average molecular weight is 266 g/mol. The molecule has 0 amide bonds. The molecule has 0 radical (unpaired) electrons. The number of rotatable bonds is 7. The molecule has 1 saturated heterocycles. The third-order valence-electron chi connectivity index (χ3n) is 4.01. The molecule has 0 bridgehead atoms. The second kappa shape index (κ2) is 7.84. The minimum absolute atomic E-state index is 0.640. The molecule has 1 atom stereocenters. The highest BCUT2D eigenvalue weighted by Crippen LogP contribution is 2.18. The number of nitrogens with zero attached hydrogens (tertiary/aromatic N) is 3. The Kier molecular flexibility index (Phi) is 6.78. The molecule has 0 spiro atoms. The van der Waals surface area contributed by atoms with Crippen LogP contribution in [0.2, 0.25) is 0 Å². The first-order valence-electron chi connectivity index (χ1n) is 7.50. The number of nitriles is 1. The lowest BCUT2D eigenvalue weighted by atomic mass is 9.95. The quantitative estimate of drug-likeness (QED) is 0.712. The van der Waals surface area contributed by atoms with Gasteiger partial charge in [-0.25, -0.2) is 0 Å². The van der Waals surface area contributed by atoms with E-state index in [1.54, 1.807) is 0 Å². The highest BCUT2D eigenvalue weighted by molar-refractivity contribution is 5.00. The van der Waals surface area contributed by atoms with Crippen molar-refractivity contribution in [3.05, 3.63) is 0 Å². The van der Waals surface area contributed by atoms with Crippen molar-refractivity contribution >= 4 is 0 Å². The van der Waals surface area contributed by atoms with Crippen molar-refractivity contribution in [3.8, 4) is 6.07 Å². The highest BCUT2D eigenvalue weighted by atomic mass is 15.1. The minimum atomic E-state index is -0.640. The summed E-state index contributed by atoms with van der Waals surface area (Å²) in [7, 11) is 4.32. The molecule has 4 heteroatoms. The van der Waals surface area contributed by atoms with Gasteiger partial charge in [0.05, 0.1) is 6.07 Å². The fourth-order valence-corrected chi connectivity index (χ4v) is 2.79. The molecule has 0 aromatic rings. The third kappa shape index (κ3) is 6.91. The smallest absolute Gasteiger partial charge is 0.101 e. The molecule has 0 saturated carbocycles. The van der Waals surface area contributed by atoms with E-state index in [1.807, 2.05) is 6.92 Å². The van der Waals surface area contributed by atoms with Crippen LogP contribution in [-0.4, -0.2) is 55.6 Å². The molecule has 0 aromatic carbocycles. The van der Waals surface area contributed by atoms with Crippen LogP contribution >= 0.6 is 0 Å². The van der Waals surface area contributed by atoms with Crippen LogP contribution in [0.15, 0.2) is 0 Å². The Labute approximate surface area is 118 Å². The molecular formula is C15H30N4. The average Bonchev–Trinajstić information content (AvgIpc) is 2.36. The van der Waals surface area contributed by atoms with Gasteiger partial charge in [-0.3, -0.25) is 0 Å². The van der Waals surface area contributed by atoms with Gasteiger partial charge >= 0.3 is 0 Å². The zero-order chi connectivity index (χ0) is 14.3. The summed E-state index contributed by atoms with van der Waals surface area (Å²) < 4.78 is 0. The van der Waals surface area contributed by atoms with E-state index in [2.05, 4.69) is 30.0 Å². The predicted molar refractivity (Wildman–Crippen MR) is 79.8 cm³/mol. The fraction of sp³-hybridized carbons (Fsp3) is 0.933. The Balaban J connectivity index is 2.09. The van der Waals surface area contributed by atoms with Crippen LogP contribution < -0.4 is 5.73 Å². The molecule has 1 fully saturated rings. The number of piperidine rings is 1. The molecule has 0 aromatic heterocycles. The van der Waals surface area contributed by atoms with Gasteiger partial charge in [0.15, 0.2) is 0 Å². The lowest BCUT2D eigenvalue weighted by Gasteiger charge is -2.33. The van der Waals surface area contributed by atoms with E-state index < -0.39 is 5.54 Å². The monoisotopic (exact) mass is 266 g/mol. The molecule has 1 heterocycles. The Morgan fingerprint density at radius 2 is 1.95 bits per heavy atom. The van der Waals surface area contributed by atoms with Crippen LogP contribution in [0.5, 0.6) is 0 Å². The molecule has 2 N–H and O–H groups in total. The number of unbranched alkanes of at least 4 members (excludes halogenated alkanes) is 1. The summed E-state index contributed by atoms with van der Waals surface area (Å²) in [5.41, 5.74) is 5.18. The van der Waals surface area contributed by atoms with E-state index in [-0.39, 0.29) is 0 Å². The number of hydrogen-bond donors (Lipinski definition) is 1. The zero-order valence-corrected chi connectivity index (χ0v) is 12.9. The Morgan fingerprint density at radius 1 is 1.32 bits per heavy atom. The first-order chi connectivity index (χ1) is 8.93. The molecule has 0 aliphatic carbocycles. The van der Waals surface area contributed by atoms with Crippen molar-refractivity contribution in [1.82, 2.24) is 9.80 Å². The van der Waals surface area contributed by atoms with Crippen molar-refractivity contribution in [2.24, 2.45) is 11.7 Å². The Hall–Kier alpha value is -0.630. The summed E-state index contributed by atoms with van der Waals surface area (Å²) in [6.45, 7) is 6.67. The molecule has 1 rings (SSSR count). The zero-order valence-electron chi connectivity index (χ0n) is 12.9. The van der Waals surface area contributed by atoms with E-state index in [0.717, 1.165) is 31.7 Å². The van der Waals surface area contributed by atoms with Gasteiger partial charge < -0.3 is 15.5 Å². The van der Waals surface area contributed by atoms with Gasteiger partial charge in [0.2, 0.25) is 0 Å². The van der Waals surface area contributed by atoms with Crippen molar-refractivity contribution in [2.75, 3.05) is 40.3 Å². The van der Waals surface area contributed by atoms with Crippen LogP contribution in [0.3, 0.4) is 0 Å². The van der Waals surface area contributed by atoms with Gasteiger partial charge in [-0.05, 0) is 78.7 Å². The van der Waals surface area contributed by atoms with Gasteiger partial charge in [0, 0.05) is 6.54 Å². The molecule has 19 heavy (non-hydrogen) atoms. The van der Waals surface area contributed by atoms with Crippen molar-refractivity contribution in [1.29, 1.82) is 5.26 Å². The van der Waals surface area contributed by atoms with E-state index >= 15 is 0 Å². The van der Waals surface area contributed by atoms with Crippen LogP contribution in [0.1, 0.15) is 39.0 Å². The minimum Gasteiger partial charge on any atom is -0.314 e. The second-order valence-corrected chi connectivity index (χ2v) is 6.53. The van der Waals surface area contributed by atoms with Crippen LogP contribution in [0.4, 0.5) is 0 Å². The van der Waals surface area contributed by atoms with Crippen molar-refractivity contribution < 1.29 is 0 Å². The maximum atomic E-state index is 8.85. The molecular weight excluding hydrogens is 236 g/mol. The summed E-state index contributed by atoms with van der Waals surface area (Å²) in [6, 6.07) is 2.16. The van der Waals surface area contributed by atoms with Crippen molar-refractivity contribution in [2.45, 2.75) is 44.6 Å². The van der Waals surface area contributed by atoms with E-state index in [0.29, 0.717) is 0 Å². The van der Waals surface area contributed by atoms with Crippen LogP contribution in [0.25, 0.3) is 0 Å². The lowest BCUT2D eigenvalue weighted by Crippen LogP contribution is -2.38. The molecule has 110 valence electrons. The van der Waals surface area contributed by atoms with E-state index in [9.17, 15) is 0 Å². The molecule has 1 aliphatic rings. The normalized spacial score (nSPS) is 21.3. The fourth-order valence-electron chi connectivity index (χ4n) is 2.79. The molecule has 1 unspecified atom stereocenters. The summed E-state index contributed by atoms with van der Waals surface area (Å²) in [4.78, 5) is 4.86. The third-order valence-corrected chi connectivity index (χ3v) is 4.01. The molecule has 1 aliphatic heterocycles. The maximum Gasteiger partial charge on any atom is 0.101 e. The van der Waals surface area contributed by atoms with Gasteiger partial charge in [0.1, 0.15) is 5.54 Å². The Morgan fingerprint density at radius 3 is 2.47 bits per heavy atom. The number of likely N-dealkylation sites (tertiary alicyclic amines) is 1. The highest BCUT2D eigenvalue weighted by Gasteiger charge is 2.20. The first-order valence-corrected chi connectivity index (χ1v) is 7.50. The standard InChI is InChI=1S/C15H30N4/c1-15(17,13-16)8-4-5-9-19-10-6-14(7-11-19)12-18(2)3/h14H,4-12,17H2,1-3H3. The number of hydrogen-bond acceptors (Lipinski definition) is 4. The molecule has 4 nitrogen and oxygen atoms in total. The van der Waals surface area contributed by atoms with E-state index in [4.69, 9.17) is 11.0 Å². The first kappa shape index (κ1) is 16.4.